The molecule has 8 heteroatoms. The first-order valence-electron chi connectivity index (χ1n) is 9.05. The quantitative estimate of drug-likeness (QED) is 0.493. The minimum atomic E-state index is -0.481. The van der Waals surface area contributed by atoms with E-state index in [1.807, 2.05) is 54.0 Å². The summed E-state index contributed by atoms with van der Waals surface area (Å²) in [6.45, 7) is 2.50. The smallest absolute Gasteiger partial charge is 0.309 e. The van der Waals surface area contributed by atoms with Gasteiger partial charge in [-0.3, -0.25) is 14.3 Å². The number of imidazole rings is 1. The van der Waals surface area contributed by atoms with E-state index in [1.54, 1.807) is 7.05 Å². The van der Waals surface area contributed by atoms with Crippen molar-refractivity contribution in [2.75, 3.05) is 0 Å². The third-order valence-corrected chi connectivity index (χ3v) is 6.10. The van der Waals surface area contributed by atoms with Gasteiger partial charge in [-0.05, 0) is 24.1 Å². The van der Waals surface area contributed by atoms with Crippen molar-refractivity contribution in [3.8, 4) is 0 Å². The molecule has 0 spiro atoms. The van der Waals surface area contributed by atoms with Crippen molar-refractivity contribution in [3.05, 3.63) is 91.1 Å². The van der Waals surface area contributed by atoms with Gasteiger partial charge in [0.05, 0.1) is 6.54 Å². The van der Waals surface area contributed by atoms with E-state index in [-0.39, 0.29) is 0 Å². The normalized spacial score (nSPS) is 11.3. The van der Waals surface area contributed by atoms with E-state index in [0.717, 1.165) is 16.7 Å². The summed E-state index contributed by atoms with van der Waals surface area (Å²) in [5.41, 5.74) is 3.01. The SMILES string of the molecule is Cc1cccc(Cn2c(SCc3ccccc3Cl)nc3c2c(=O)[nH]c(=O)n3C)c1. The second-order valence-corrected chi connectivity index (χ2v) is 8.19. The van der Waals surface area contributed by atoms with Crippen LogP contribution in [0, 0.1) is 6.92 Å². The number of rotatable bonds is 5. The Bertz CT molecular complexity index is 1320. The van der Waals surface area contributed by atoms with Crippen molar-refractivity contribution in [1.82, 2.24) is 19.1 Å². The number of fused-ring (bicyclic) bond motifs is 1. The lowest BCUT2D eigenvalue weighted by molar-refractivity contribution is 0.727. The Morgan fingerprint density at radius 3 is 2.69 bits per heavy atom. The molecule has 0 amide bonds. The van der Waals surface area contributed by atoms with Crippen LogP contribution in [0.4, 0.5) is 0 Å². The number of H-pyrrole nitrogens is 1. The van der Waals surface area contributed by atoms with Crippen molar-refractivity contribution in [3.63, 3.8) is 0 Å². The van der Waals surface area contributed by atoms with Gasteiger partial charge in [0.2, 0.25) is 0 Å². The Morgan fingerprint density at radius 1 is 1.14 bits per heavy atom. The first-order valence-corrected chi connectivity index (χ1v) is 10.4. The number of benzene rings is 2. The first kappa shape index (κ1) is 19.5. The van der Waals surface area contributed by atoms with Gasteiger partial charge in [-0.2, -0.15) is 0 Å². The molecule has 0 atom stereocenters. The number of aryl methyl sites for hydroxylation is 2. The van der Waals surface area contributed by atoms with E-state index in [1.165, 1.54) is 16.3 Å². The number of nitrogens with zero attached hydrogens (tertiary/aromatic N) is 3. The Balaban J connectivity index is 1.82. The lowest BCUT2D eigenvalue weighted by atomic mass is 10.1. The molecule has 2 aromatic heterocycles. The predicted molar refractivity (Wildman–Crippen MR) is 117 cm³/mol. The van der Waals surface area contributed by atoms with Crippen molar-refractivity contribution < 1.29 is 0 Å². The van der Waals surface area contributed by atoms with Gasteiger partial charge >= 0.3 is 5.69 Å². The fourth-order valence-electron chi connectivity index (χ4n) is 3.22. The molecule has 2 heterocycles. The number of halogens is 1. The number of aromatic amines is 1. The fraction of sp³-hybridized carbons (Fsp3) is 0.190. The van der Waals surface area contributed by atoms with Crippen molar-refractivity contribution in [2.24, 2.45) is 7.05 Å². The highest BCUT2D eigenvalue weighted by Crippen LogP contribution is 2.28. The van der Waals surface area contributed by atoms with Crippen molar-refractivity contribution in [2.45, 2.75) is 24.4 Å². The second kappa shape index (κ2) is 7.93. The molecule has 2 aromatic carbocycles. The fourth-order valence-corrected chi connectivity index (χ4v) is 4.50. The Kier molecular flexibility index (Phi) is 5.34. The van der Waals surface area contributed by atoms with Crippen LogP contribution in [0.3, 0.4) is 0 Å². The maximum absolute atomic E-state index is 12.6. The van der Waals surface area contributed by atoms with Gasteiger partial charge in [0.25, 0.3) is 5.56 Å². The summed E-state index contributed by atoms with van der Waals surface area (Å²) in [6.07, 6.45) is 0. The van der Waals surface area contributed by atoms with Gasteiger partial charge in [-0.1, -0.05) is 71.4 Å². The van der Waals surface area contributed by atoms with Crippen LogP contribution in [0.2, 0.25) is 5.02 Å². The monoisotopic (exact) mass is 426 g/mol. The molecule has 0 aliphatic heterocycles. The highest BCUT2D eigenvalue weighted by Gasteiger charge is 2.18. The first-order chi connectivity index (χ1) is 13.9. The molecule has 0 saturated carbocycles. The van der Waals surface area contributed by atoms with Gasteiger partial charge in [0.1, 0.15) is 0 Å². The minimum Gasteiger partial charge on any atom is -0.309 e. The molecule has 0 aliphatic carbocycles. The zero-order chi connectivity index (χ0) is 20.5. The second-order valence-electron chi connectivity index (χ2n) is 6.84. The molecular weight excluding hydrogens is 408 g/mol. The van der Waals surface area contributed by atoms with E-state index in [2.05, 4.69) is 16.0 Å². The highest BCUT2D eigenvalue weighted by atomic mass is 35.5. The third kappa shape index (κ3) is 3.88. The van der Waals surface area contributed by atoms with Gasteiger partial charge in [-0.15, -0.1) is 0 Å². The van der Waals surface area contributed by atoms with E-state index >= 15 is 0 Å². The van der Waals surface area contributed by atoms with E-state index in [4.69, 9.17) is 11.6 Å². The van der Waals surface area contributed by atoms with Crippen LogP contribution < -0.4 is 11.2 Å². The number of aromatic nitrogens is 4. The number of thioether (sulfide) groups is 1. The number of hydrogen-bond acceptors (Lipinski definition) is 4. The lowest BCUT2D eigenvalue weighted by Gasteiger charge is -2.10. The molecule has 1 N–H and O–H groups in total. The molecule has 0 aliphatic rings. The maximum Gasteiger partial charge on any atom is 0.329 e. The lowest BCUT2D eigenvalue weighted by Crippen LogP contribution is -2.29. The van der Waals surface area contributed by atoms with Crippen LogP contribution in [-0.4, -0.2) is 19.1 Å². The topological polar surface area (TPSA) is 72.7 Å². The van der Waals surface area contributed by atoms with Gasteiger partial charge < -0.3 is 4.57 Å². The molecule has 29 heavy (non-hydrogen) atoms. The maximum atomic E-state index is 12.6. The average molecular weight is 427 g/mol. The zero-order valence-electron chi connectivity index (χ0n) is 16.0. The summed E-state index contributed by atoms with van der Waals surface area (Å²) in [4.78, 5) is 31.6. The molecule has 4 rings (SSSR count). The molecule has 4 aromatic rings. The molecule has 148 valence electrons. The van der Waals surface area contributed by atoms with Crippen LogP contribution in [0.1, 0.15) is 16.7 Å². The van der Waals surface area contributed by atoms with Gasteiger partial charge in [0, 0.05) is 17.8 Å². The van der Waals surface area contributed by atoms with Crippen molar-refractivity contribution >= 4 is 34.5 Å². The van der Waals surface area contributed by atoms with Crippen LogP contribution in [-0.2, 0) is 19.3 Å². The summed E-state index contributed by atoms with van der Waals surface area (Å²) in [5.74, 6) is 0.600. The Hall–Kier alpha value is -2.77. The largest absolute Gasteiger partial charge is 0.329 e. The van der Waals surface area contributed by atoms with E-state index in [0.29, 0.717) is 33.6 Å². The Labute approximate surface area is 176 Å². The summed E-state index contributed by atoms with van der Waals surface area (Å²) >= 11 is 7.77. The highest BCUT2D eigenvalue weighted by molar-refractivity contribution is 7.98. The summed E-state index contributed by atoms with van der Waals surface area (Å²) in [5, 5.41) is 1.35. The standard InChI is InChI=1S/C21H19ClN4O2S/c1-13-6-5-7-14(10-13)11-26-17-18(25(2)20(28)24-19(17)27)23-21(26)29-12-15-8-3-4-9-16(15)22/h3-10H,11-12H2,1-2H3,(H,24,27,28). The summed E-state index contributed by atoms with van der Waals surface area (Å²) in [7, 11) is 1.60. The van der Waals surface area contributed by atoms with E-state index < -0.39 is 11.2 Å². The molecule has 0 radical (unpaired) electrons. The summed E-state index contributed by atoms with van der Waals surface area (Å²) in [6, 6.07) is 15.7. The van der Waals surface area contributed by atoms with Crippen LogP contribution in [0.25, 0.3) is 11.2 Å². The molecule has 6 nitrogen and oxygen atoms in total. The summed E-state index contributed by atoms with van der Waals surface area (Å²) < 4.78 is 3.23. The molecule has 0 fully saturated rings. The molecule has 0 bridgehead atoms. The van der Waals surface area contributed by atoms with Gasteiger partial charge in [-0.25, -0.2) is 9.78 Å². The van der Waals surface area contributed by atoms with Crippen LogP contribution in [0.15, 0.2) is 63.3 Å². The van der Waals surface area contributed by atoms with Crippen molar-refractivity contribution in [1.29, 1.82) is 0 Å². The van der Waals surface area contributed by atoms with E-state index in [9.17, 15) is 9.59 Å². The molecular formula is C21H19ClN4O2S. The molecule has 0 saturated heterocycles. The predicted octanol–water partition coefficient (Wildman–Crippen LogP) is 3.73. The van der Waals surface area contributed by atoms with Crippen LogP contribution in [0.5, 0.6) is 0 Å². The number of nitrogens with one attached hydrogen (secondary N) is 1. The average Bonchev–Trinajstić information content (AvgIpc) is 3.04. The van der Waals surface area contributed by atoms with Gasteiger partial charge in [0.15, 0.2) is 16.3 Å². The zero-order valence-corrected chi connectivity index (χ0v) is 17.5. The molecule has 0 unspecified atom stereocenters. The minimum absolute atomic E-state index is 0.369. The number of hydrogen-bond donors (Lipinski definition) is 1. The Morgan fingerprint density at radius 2 is 1.93 bits per heavy atom. The van der Waals surface area contributed by atoms with Crippen LogP contribution >= 0.6 is 23.4 Å². The third-order valence-electron chi connectivity index (χ3n) is 4.71.